The van der Waals surface area contributed by atoms with Crippen LogP contribution >= 0.6 is 0 Å². The summed E-state index contributed by atoms with van der Waals surface area (Å²) in [6, 6.07) is 0. The predicted molar refractivity (Wildman–Crippen MR) is 78.3 cm³/mol. The molecule has 1 amide bonds. The summed E-state index contributed by atoms with van der Waals surface area (Å²) in [7, 11) is -3.01. The molecule has 1 unspecified atom stereocenters. The molecule has 7 heteroatoms. The summed E-state index contributed by atoms with van der Waals surface area (Å²) in [6.45, 7) is 9.04. The van der Waals surface area contributed by atoms with Crippen LogP contribution in [0.2, 0.25) is 0 Å². The highest BCUT2D eigenvalue weighted by Crippen LogP contribution is 2.25. The minimum absolute atomic E-state index is 0.0450. The maximum absolute atomic E-state index is 12.6. The molecule has 0 aliphatic carbocycles. The molecule has 0 aromatic rings. The van der Waals surface area contributed by atoms with Crippen LogP contribution in [0.25, 0.3) is 0 Å². The molecule has 0 radical (unpaired) electrons. The van der Waals surface area contributed by atoms with Crippen LogP contribution in [0.3, 0.4) is 0 Å². The van der Waals surface area contributed by atoms with Crippen molar-refractivity contribution >= 4 is 15.7 Å². The van der Waals surface area contributed by atoms with Gasteiger partial charge in [-0.15, -0.1) is 0 Å². The third-order valence-electron chi connectivity index (χ3n) is 4.38. The molecule has 0 saturated carbocycles. The predicted octanol–water partition coefficient (Wildman–Crippen LogP) is -0.636. The third kappa shape index (κ3) is 3.32. The van der Waals surface area contributed by atoms with Gasteiger partial charge in [-0.3, -0.25) is 9.69 Å². The van der Waals surface area contributed by atoms with E-state index in [9.17, 15) is 13.2 Å². The molecule has 2 aliphatic rings. The van der Waals surface area contributed by atoms with Crippen molar-refractivity contribution in [3.8, 4) is 0 Å². The van der Waals surface area contributed by atoms with Crippen LogP contribution in [0.5, 0.6) is 0 Å². The Morgan fingerprint density at radius 1 is 1.30 bits per heavy atom. The van der Waals surface area contributed by atoms with Crippen LogP contribution < -0.4 is 10.6 Å². The summed E-state index contributed by atoms with van der Waals surface area (Å²) >= 11 is 0. The van der Waals surface area contributed by atoms with Crippen molar-refractivity contribution in [3.63, 3.8) is 0 Å². The average molecular weight is 303 g/mol. The van der Waals surface area contributed by atoms with Gasteiger partial charge in [-0.1, -0.05) is 0 Å². The summed E-state index contributed by atoms with van der Waals surface area (Å²) in [5.41, 5.74) is -1.24. The second kappa shape index (κ2) is 5.27. The summed E-state index contributed by atoms with van der Waals surface area (Å²) in [6.07, 6.45) is 0.499. The number of rotatable bonds is 3. The van der Waals surface area contributed by atoms with Crippen LogP contribution in [-0.2, 0) is 14.6 Å². The Morgan fingerprint density at radius 2 is 1.90 bits per heavy atom. The van der Waals surface area contributed by atoms with Crippen molar-refractivity contribution in [2.45, 2.75) is 38.3 Å². The molecule has 2 saturated heterocycles. The van der Waals surface area contributed by atoms with Crippen molar-refractivity contribution in [1.82, 2.24) is 15.5 Å². The molecule has 116 valence electrons. The van der Waals surface area contributed by atoms with Gasteiger partial charge in [0.2, 0.25) is 5.91 Å². The van der Waals surface area contributed by atoms with E-state index >= 15 is 0 Å². The summed E-state index contributed by atoms with van der Waals surface area (Å²) < 4.78 is 23.2. The molecule has 0 spiro atoms. The van der Waals surface area contributed by atoms with Crippen molar-refractivity contribution in [3.05, 3.63) is 0 Å². The standard InChI is InChI=1S/C13H25N3O3S/c1-12(2,16-7-5-14-6-8-16)11(17)15-13(3)4-9-20(18,19)10-13/h14H,4-10H2,1-3H3,(H,15,17). The maximum Gasteiger partial charge on any atom is 0.240 e. The molecular formula is C13H25N3O3S. The van der Waals surface area contributed by atoms with Gasteiger partial charge in [0.1, 0.15) is 0 Å². The van der Waals surface area contributed by atoms with Gasteiger partial charge in [-0.2, -0.15) is 0 Å². The number of nitrogens with zero attached hydrogens (tertiary/aromatic N) is 1. The first kappa shape index (κ1) is 15.7. The van der Waals surface area contributed by atoms with Gasteiger partial charge in [0.25, 0.3) is 0 Å². The van der Waals surface area contributed by atoms with Gasteiger partial charge in [0, 0.05) is 26.2 Å². The highest BCUT2D eigenvalue weighted by atomic mass is 32.2. The Kier molecular flexibility index (Phi) is 4.15. The minimum atomic E-state index is -3.01. The number of sulfone groups is 1. The number of carbonyl (C=O) groups is 1. The van der Waals surface area contributed by atoms with Crippen molar-refractivity contribution < 1.29 is 13.2 Å². The molecule has 2 rings (SSSR count). The Labute approximate surface area is 121 Å². The fraction of sp³-hybridized carbons (Fsp3) is 0.923. The van der Waals surface area contributed by atoms with E-state index in [0.29, 0.717) is 6.42 Å². The number of carbonyl (C=O) groups excluding carboxylic acids is 1. The van der Waals surface area contributed by atoms with E-state index in [0.717, 1.165) is 26.2 Å². The highest BCUT2D eigenvalue weighted by molar-refractivity contribution is 7.91. The number of piperazine rings is 1. The Balaban J connectivity index is 2.03. The van der Waals surface area contributed by atoms with E-state index in [1.165, 1.54) is 0 Å². The second-order valence-corrected chi connectivity index (χ2v) is 8.84. The normalized spacial score (nSPS) is 31.1. The van der Waals surface area contributed by atoms with E-state index in [1.807, 2.05) is 20.8 Å². The van der Waals surface area contributed by atoms with E-state index in [4.69, 9.17) is 0 Å². The zero-order valence-electron chi connectivity index (χ0n) is 12.5. The molecule has 2 aliphatic heterocycles. The second-order valence-electron chi connectivity index (χ2n) is 6.65. The SMILES string of the molecule is CC1(NC(=O)C(C)(C)N2CCNCC2)CCS(=O)(=O)C1. The van der Waals surface area contributed by atoms with E-state index < -0.39 is 20.9 Å². The fourth-order valence-corrected chi connectivity index (χ4v) is 5.00. The lowest BCUT2D eigenvalue weighted by Crippen LogP contribution is -2.63. The molecule has 2 N–H and O–H groups in total. The monoisotopic (exact) mass is 303 g/mol. The molecule has 6 nitrogen and oxygen atoms in total. The zero-order chi connectivity index (χ0) is 15.0. The quantitative estimate of drug-likeness (QED) is 0.725. The smallest absolute Gasteiger partial charge is 0.240 e. The first-order valence-electron chi connectivity index (χ1n) is 7.14. The van der Waals surface area contributed by atoms with E-state index in [1.54, 1.807) is 0 Å². The lowest BCUT2D eigenvalue weighted by molar-refractivity contribution is -0.133. The Hall–Kier alpha value is -0.660. The Bertz CT molecular complexity index is 483. The summed E-state index contributed by atoms with van der Waals surface area (Å²) in [4.78, 5) is 14.7. The van der Waals surface area contributed by atoms with Crippen LogP contribution in [0.15, 0.2) is 0 Å². The van der Waals surface area contributed by atoms with Crippen molar-refractivity contribution in [2.75, 3.05) is 37.7 Å². The van der Waals surface area contributed by atoms with Gasteiger partial charge in [0.15, 0.2) is 9.84 Å². The van der Waals surface area contributed by atoms with Gasteiger partial charge >= 0.3 is 0 Å². The first-order chi connectivity index (χ1) is 9.15. The minimum Gasteiger partial charge on any atom is -0.348 e. The summed E-state index contributed by atoms with van der Waals surface area (Å²) in [5, 5.41) is 6.23. The molecule has 2 heterocycles. The van der Waals surface area contributed by atoms with Crippen LogP contribution in [0, 0.1) is 0 Å². The maximum atomic E-state index is 12.6. The highest BCUT2D eigenvalue weighted by Gasteiger charge is 2.43. The number of hydrogen-bond donors (Lipinski definition) is 2. The van der Waals surface area contributed by atoms with Gasteiger partial charge < -0.3 is 10.6 Å². The van der Waals surface area contributed by atoms with Gasteiger partial charge in [0.05, 0.1) is 22.6 Å². The molecule has 1 atom stereocenters. The van der Waals surface area contributed by atoms with E-state index in [2.05, 4.69) is 15.5 Å². The fourth-order valence-electron chi connectivity index (χ4n) is 2.90. The largest absolute Gasteiger partial charge is 0.348 e. The number of nitrogens with one attached hydrogen (secondary N) is 2. The lowest BCUT2D eigenvalue weighted by atomic mass is 9.96. The molecule has 0 aromatic carbocycles. The molecule has 20 heavy (non-hydrogen) atoms. The molecular weight excluding hydrogens is 278 g/mol. The number of hydrogen-bond acceptors (Lipinski definition) is 5. The average Bonchev–Trinajstić information content (AvgIpc) is 2.64. The summed E-state index contributed by atoms with van der Waals surface area (Å²) in [5.74, 6) is 0.125. The zero-order valence-corrected chi connectivity index (χ0v) is 13.3. The number of amides is 1. The third-order valence-corrected chi connectivity index (χ3v) is 6.28. The van der Waals surface area contributed by atoms with E-state index in [-0.39, 0.29) is 17.4 Å². The van der Waals surface area contributed by atoms with Gasteiger partial charge in [-0.25, -0.2) is 8.42 Å². The van der Waals surface area contributed by atoms with Crippen LogP contribution in [-0.4, -0.2) is 68.0 Å². The lowest BCUT2D eigenvalue weighted by Gasteiger charge is -2.41. The molecule has 0 bridgehead atoms. The first-order valence-corrected chi connectivity index (χ1v) is 8.96. The molecule has 0 aromatic heterocycles. The van der Waals surface area contributed by atoms with Gasteiger partial charge in [-0.05, 0) is 27.2 Å². The van der Waals surface area contributed by atoms with Crippen LogP contribution in [0.1, 0.15) is 27.2 Å². The molecule has 2 fully saturated rings. The topological polar surface area (TPSA) is 78.5 Å². The van der Waals surface area contributed by atoms with Crippen molar-refractivity contribution in [1.29, 1.82) is 0 Å². The van der Waals surface area contributed by atoms with Crippen molar-refractivity contribution in [2.24, 2.45) is 0 Å². The Morgan fingerprint density at radius 3 is 2.40 bits per heavy atom. The van der Waals surface area contributed by atoms with Crippen LogP contribution in [0.4, 0.5) is 0 Å².